The van der Waals surface area contributed by atoms with Gasteiger partial charge in [-0.2, -0.15) is 13.6 Å². The van der Waals surface area contributed by atoms with Crippen LogP contribution >= 0.6 is 39.4 Å². The van der Waals surface area contributed by atoms with E-state index in [0.29, 0.717) is 0 Å². The Balaban J connectivity index is 2.25. The summed E-state index contributed by atoms with van der Waals surface area (Å²) in [5.41, 5.74) is 2.53. The summed E-state index contributed by atoms with van der Waals surface area (Å²) in [7, 11) is -15.8. The van der Waals surface area contributed by atoms with Gasteiger partial charge in [0.15, 0.2) is 12.4 Å². The summed E-state index contributed by atoms with van der Waals surface area (Å²) in [6, 6.07) is 1.19. The summed E-state index contributed by atoms with van der Waals surface area (Å²) in [6.45, 7) is -1.02. The van der Waals surface area contributed by atoms with E-state index < -0.39 is 59.9 Å². The lowest BCUT2D eigenvalue weighted by Crippen LogP contribution is -2.48. The minimum Gasteiger partial charge on any atom is -0.383 e. The average molecular weight is 592 g/mol. The van der Waals surface area contributed by atoms with Crippen molar-refractivity contribution in [1.29, 1.82) is 0 Å². The van der Waals surface area contributed by atoms with Gasteiger partial charge < -0.3 is 34.8 Å². The van der Waals surface area contributed by atoms with Crippen LogP contribution in [0.2, 0.25) is 0 Å². The van der Waals surface area contributed by atoms with Gasteiger partial charge in [0.25, 0.3) is 0 Å². The van der Waals surface area contributed by atoms with Crippen molar-refractivity contribution in [2.45, 2.75) is 24.1 Å². The van der Waals surface area contributed by atoms with Crippen molar-refractivity contribution < 1.29 is 60.3 Å². The Kier molecular flexibility index (Phi) is 8.61. The summed E-state index contributed by atoms with van der Waals surface area (Å²) in [5, 5.41) is -0.303. The van der Waals surface area contributed by atoms with E-state index in [0.717, 1.165) is 17.9 Å². The van der Waals surface area contributed by atoms with Crippen LogP contribution in [0.1, 0.15) is 6.23 Å². The van der Waals surface area contributed by atoms with Crippen LogP contribution in [-0.2, 0) is 36.3 Å². The molecule has 0 radical (unpaired) electrons. The van der Waals surface area contributed by atoms with E-state index in [9.17, 15) is 28.3 Å². The van der Waals surface area contributed by atoms with Gasteiger partial charge in [-0.05, 0) is 6.07 Å². The Labute approximate surface area is 187 Å². The second-order valence-electron chi connectivity index (χ2n) is 6.21. The Bertz CT molecular complexity index is 1040. The van der Waals surface area contributed by atoms with Crippen molar-refractivity contribution in [2.24, 2.45) is 0 Å². The molecule has 0 amide bonds. The molecule has 1 aliphatic rings. The molecular weight excluding hydrogens is 574 g/mol. The summed E-state index contributed by atoms with van der Waals surface area (Å²) in [5.74, 6) is -0.137. The average Bonchev–Trinajstić information content (AvgIpc) is 2.89. The van der Waals surface area contributed by atoms with E-state index >= 15 is 4.39 Å². The van der Waals surface area contributed by atoms with Crippen LogP contribution in [0.3, 0.4) is 0 Å². The monoisotopic (exact) mass is 591 g/mol. The Morgan fingerprint density at radius 3 is 2.41 bits per heavy atom. The molecule has 0 spiro atoms. The molecule has 0 aliphatic carbocycles. The van der Waals surface area contributed by atoms with Crippen LogP contribution in [0, 0.1) is 0 Å². The molecule has 0 aromatic carbocycles. The maximum atomic E-state index is 15.1. The number of hydrogen-bond donors (Lipinski definition) is 5. The highest BCUT2D eigenvalue weighted by atomic mass is 79.9. The number of nitrogens with zero attached hydrogens (tertiary/aromatic N) is 2. The van der Waals surface area contributed by atoms with Gasteiger partial charge in [-0.15, -0.1) is 0 Å². The molecule has 1 saturated heterocycles. The van der Waals surface area contributed by atoms with E-state index in [4.69, 9.17) is 25.0 Å². The largest absolute Gasteiger partial charge is 0.490 e. The van der Waals surface area contributed by atoms with E-state index in [2.05, 4.69) is 34.1 Å². The number of anilines is 1. The zero-order chi connectivity index (χ0) is 24.5. The number of halogens is 2. The molecule has 16 nitrogen and oxygen atoms in total. The molecule has 1 aromatic rings. The lowest BCUT2D eigenvalue weighted by atomic mass is 9.99. The van der Waals surface area contributed by atoms with Crippen molar-refractivity contribution in [3.05, 3.63) is 22.7 Å². The molecule has 6 atom stereocenters. The van der Waals surface area contributed by atoms with Crippen LogP contribution in [0.4, 0.5) is 10.2 Å². The van der Waals surface area contributed by atoms with E-state index in [1.54, 1.807) is 0 Å². The number of nitrogens with two attached hydrogens (primary N) is 1. The molecule has 6 N–H and O–H groups in total. The fourth-order valence-corrected chi connectivity index (χ4v) is 6.43. The van der Waals surface area contributed by atoms with Crippen molar-refractivity contribution in [2.75, 3.05) is 24.8 Å². The van der Waals surface area contributed by atoms with E-state index in [-0.39, 0.29) is 11.1 Å². The van der Waals surface area contributed by atoms with Crippen molar-refractivity contribution in [3.63, 3.8) is 0 Å². The normalized spacial score (nSPS) is 30.0. The minimum atomic E-state index is -5.76. The van der Waals surface area contributed by atoms with Crippen LogP contribution in [0.15, 0.2) is 17.1 Å². The second-order valence-corrected chi connectivity index (χ2v) is 11.2. The van der Waals surface area contributed by atoms with Gasteiger partial charge in [0.05, 0.1) is 6.61 Å². The molecule has 0 bridgehead atoms. The fraction of sp³-hybridized carbons (Fsp3) is 0.636. The number of aromatic nitrogens is 2. The second kappa shape index (κ2) is 9.96. The quantitative estimate of drug-likeness (QED) is 0.180. The molecule has 1 aliphatic heterocycles. The number of ether oxygens (including phenoxy) is 2. The number of alkyl halides is 2. The highest BCUT2D eigenvalue weighted by molar-refractivity contribution is 9.09. The number of rotatable bonds is 10. The molecule has 2 heterocycles. The maximum absolute atomic E-state index is 15.1. The number of phosphoric acid groups is 3. The molecular formula is C11H18BrFN3O13P3. The van der Waals surface area contributed by atoms with E-state index in [1.165, 1.54) is 6.07 Å². The molecule has 1 aromatic heterocycles. The third-order valence-corrected chi connectivity index (χ3v) is 8.66. The summed E-state index contributed by atoms with van der Waals surface area (Å²) in [6.07, 6.45) is -4.09. The first-order valence-corrected chi connectivity index (χ1v) is 13.7. The highest BCUT2D eigenvalue weighted by Crippen LogP contribution is 2.66. The summed E-state index contributed by atoms with van der Waals surface area (Å²) < 4.78 is 72.4. The van der Waals surface area contributed by atoms with Crippen LogP contribution in [-0.4, -0.2) is 66.0 Å². The minimum absolute atomic E-state index is 0.137. The van der Waals surface area contributed by atoms with Gasteiger partial charge in [-0.3, -0.25) is 9.09 Å². The number of phosphoric ester groups is 1. The Morgan fingerprint density at radius 1 is 1.28 bits per heavy atom. The smallest absolute Gasteiger partial charge is 0.383 e. The molecule has 6 unspecified atom stereocenters. The highest BCUT2D eigenvalue weighted by Gasteiger charge is 2.58. The van der Waals surface area contributed by atoms with Gasteiger partial charge in [0, 0.05) is 18.6 Å². The Hall–Kier alpha value is -0.580. The van der Waals surface area contributed by atoms with Crippen molar-refractivity contribution >= 4 is 45.2 Å². The predicted molar refractivity (Wildman–Crippen MR) is 105 cm³/mol. The Morgan fingerprint density at radius 2 is 1.91 bits per heavy atom. The summed E-state index contributed by atoms with van der Waals surface area (Å²) >= 11 is 3.02. The van der Waals surface area contributed by atoms with Gasteiger partial charge in [0.2, 0.25) is 0 Å². The zero-order valence-corrected chi connectivity index (χ0v) is 20.1. The van der Waals surface area contributed by atoms with Gasteiger partial charge in [-0.25, -0.2) is 22.9 Å². The van der Waals surface area contributed by atoms with Crippen molar-refractivity contribution in [1.82, 2.24) is 9.55 Å². The van der Waals surface area contributed by atoms with Crippen LogP contribution in [0.25, 0.3) is 0 Å². The number of methoxy groups -OCH3 is 1. The third kappa shape index (κ3) is 6.73. The summed E-state index contributed by atoms with van der Waals surface area (Å²) in [4.78, 5) is 51.5. The third-order valence-electron chi connectivity index (χ3n) is 3.93. The van der Waals surface area contributed by atoms with Gasteiger partial charge in [0.1, 0.15) is 17.5 Å². The molecule has 21 heteroatoms. The molecule has 184 valence electrons. The maximum Gasteiger partial charge on any atom is 0.490 e. The lowest BCUT2D eigenvalue weighted by molar-refractivity contribution is -0.117. The van der Waals surface area contributed by atoms with Crippen molar-refractivity contribution in [3.8, 4) is 0 Å². The fourth-order valence-electron chi connectivity index (χ4n) is 2.74. The first-order chi connectivity index (χ1) is 14.5. The molecule has 32 heavy (non-hydrogen) atoms. The van der Waals surface area contributed by atoms with E-state index in [1.807, 2.05) is 0 Å². The van der Waals surface area contributed by atoms with Crippen LogP contribution in [0.5, 0.6) is 0 Å². The lowest BCUT2D eigenvalue weighted by Gasteiger charge is -2.31. The molecule has 1 fully saturated rings. The zero-order valence-electron chi connectivity index (χ0n) is 15.8. The number of hydrogen-bond acceptors (Lipinski definition) is 11. The standard InChI is InChI=1S/C11H18BrFN3O13P3/c1-25-8-7(13)9(16-3-2-6(14)15-10(16)17)27-11(8,4-12)5-26-31(21,22)29-32(23,24)28-30(18,19)20/h2-3,7-9H,4-5H2,1H3,(H,21,22)(H,23,24)(H2,14,15,17)(H2,18,19,20). The first kappa shape index (κ1) is 27.7. The topological polar surface area (TPSA) is 239 Å². The van der Waals surface area contributed by atoms with Crippen LogP contribution < -0.4 is 11.4 Å². The SMILES string of the molecule is COC1C(F)C(n2ccc(N)nc2=O)OC1(CBr)COP(=O)(O)OP(=O)(O)OP(=O)(O)O. The molecule has 2 rings (SSSR count). The molecule has 0 saturated carbocycles. The number of nitrogen functional groups attached to an aromatic ring is 1. The first-order valence-electron chi connectivity index (χ1n) is 8.08. The van der Waals surface area contributed by atoms with Gasteiger partial charge in [-0.1, -0.05) is 15.9 Å². The van der Waals surface area contributed by atoms with Gasteiger partial charge >= 0.3 is 29.2 Å². The predicted octanol–water partition coefficient (Wildman–Crippen LogP) is 0.184.